The van der Waals surface area contributed by atoms with Gasteiger partial charge in [-0.25, -0.2) is 4.98 Å². The molecule has 0 saturated carbocycles. The maximum absolute atomic E-state index is 12.1. The molecule has 1 aromatic carbocycles. The van der Waals surface area contributed by atoms with Gasteiger partial charge in [0.1, 0.15) is 11.5 Å². The van der Waals surface area contributed by atoms with Crippen LogP contribution >= 0.6 is 0 Å². The van der Waals surface area contributed by atoms with E-state index >= 15 is 0 Å². The SMILES string of the molecule is COc1cc(NC(=O)C[C@H](C)n2ccnc2)cc(OC)c1. The molecule has 0 aliphatic rings. The van der Waals surface area contributed by atoms with Gasteiger partial charge in [0.05, 0.1) is 20.5 Å². The van der Waals surface area contributed by atoms with E-state index in [1.54, 1.807) is 44.9 Å². The highest BCUT2D eigenvalue weighted by molar-refractivity contribution is 5.91. The Morgan fingerprint density at radius 1 is 1.29 bits per heavy atom. The molecule has 6 nitrogen and oxygen atoms in total. The molecule has 112 valence electrons. The Morgan fingerprint density at radius 3 is 2.48 bits per heavy atom. The van der Waals surface area contributed by atoms with Gasteiger partial charge in [0.15, 0.2) is 0 Å². The van der Waals surface area contributed by atoms with Gasteiger partial charge in [-0.3, -0.25) is 4.79 Å². The summed E-state index contributed by atoms with van der Waals surface area (Å²) in [5.74, 6) is 1.19. The normalized spacial score (nSPS) is 11.8. The third-order valence-electron chi connectivity index (χ3n) is 3.15. The Balaban J connectivity index is 2.02. The van der Waals surface area contributed by atoms with Crippen molar-refractivity contribution in [3.05, 3.63) is 36.9 Å². The second-order valence-corrected chi connectivity index (χ2v) is 4.71. The number of rotatable bonds is 6. The molecule has 0 bridgehead atoms. The fourth-order valence-electron chi connectivity index (χ4n) is 2.00. The molecule has 0 saturated heterocycles. The molecule has 6 heteroatoms. The van der Waals surface area contributed by atoms with Crippen LogP contribution in [0.2, 0.25) is 0 Å². The van der Waals surface area contributed by atoms with Crippen molar-refractivity contribution in [2.24, 2.45) is 0 Å². The van der Waals surface area contributed by atoms with Gasteiger partial charge in [-0.1, -0.05) is 0 Å². The maximum atomic E-state index is 12.1. The molecule has 0 fully saturated rings. The molecule has 1 aromatic heterocycles. The monoisotopic (exact) mass is 289 g/mol. The molecule has 0 spiro atoms. The Morgan fingerprint density at radius 2 is 1.95 bits per heavy atom. The summed E-state index contributed by atoms with van der Waals surface area (Å²) in [5, 5.41) is 2.85. The molecule has 0 radical (unpaired) electrons. The largest absolute Gasteiger partial charge is 0.497 e. The van der Waals surface area contributed by atoms with Crippen molar-refractivity contribution in [3.63, 3.8) is 0 Å². The van der Waals surface area contributed by atoms with Crippen molar-refractivity contribution in [3.8, 4) is 11.5 Å². The standard InChI is InChI=1S/C15H19N3O3/c1-11(18-5-4-16-10-18)6-15(19)17-12-7-13(20-2)9-14(8-12)21-3/h4-5,7-11H,6H2,1-3H3,(H,17,19)/t11-/m0/s1. The van der Waals surface area contributed by atoms with Crippen molar-refractivity contribution in [1.82, 2.24) is 9.55 Å². The molecule has 1 heterocycles. The van der Waals surface area contributed by atoms with Gasteiger partial charge < -0.3 is 19.4 Å². The van der Waals surface area contributed by atoms with Crippen LogP contribution in [-0.4, -0.2) is 29.7 Å². The van der Waals surface area contributed by atoms with E-state index in [4.69, 9.17) is 9.47 Å². The van der Waals surface area contributed by atoms with Crippen LogP contribution in [0.1, 0.15) is 19.4 Å². The summed E-state index contributed by atoms with van der Waals surface area (Å²) in [6.07, 6.45) is 5.59. The number of nitrogens with zero attached hydrogens (tertiary/aromatic N) is 2. The minimum Gasteiger partial charge on any atom is -0.497 e. The smallest absolute Gasteiger partial charge is 0.226 e. The number of nitrogens with one attached hydrogen (secondary N) is 1. The van der Waals surface area contributed by atoms with Gasteiger partial charge in [0, 0.05) is 48.7 Å². The first-order chi connectivity index (χ1) is 10.1. The Bertz CT molecular complexity index is 574. The van der Waals surface area contributed by atoms with E-state index in [1.165, 1.54) is 0 Å². The average Bonchev–Trinajstić information content (AvgIpc) is 3.00. The van der Waals surface area contributed by atoms with Gasteiger partial charge >= 0.3 is 0 Å². The van der Waals surface area contributed by atoms with E-state index < -0.39 is 0 Å². The zero-order valence-electron chi connectivity index (χ0n) is 12.4. The van der Waals surface area contributed by atoms with E-state index in [-0.39, 0.29) is 11.9 Å². The molecule has 2 aromatic rings. The lowest BCUT2D eigenvalue weighted by atomic mass is 10.2. The molecule has 2 rings (SSSR count). The summed E-state index contributed by atoms with van der Waals surface area (Å²) in [6.45, 7) is 1.97. The van der Waals surface area contributed by atoms with E-state index in [1.807, 2.05) is 17.7 Å². The second kappa shape index (κ2) is 6.78. The zero-order chi connectivity index (χ0) is 15.2. The lowest BCUT2D eigenvalue weighted by molar-refractivity contribution is -0.116. The van der Waals surface area contributed by atoms with Crippen LogP contribution in [-0.2, 0) is 4.79 Å². The summed E-state index contributed by atoms with van der Waals surface area (Å²) in [6, 6.07) is 5.30. The first-order valence-corrected chi connectivity index (χ1v) is 6.62. The molecule has 21 heavy (non-hydrogen) atoms. The minimum atomic E-state index is -0.0773. The molecule has 1 N–H and O–H groups in total. The molecule has 0 aliphatic heterocycles. The first kappa shape index (κ1) is 14.9. The number of benzene rings is 1. The summed E-state index contributed by atoms with van der Waals surface area (Å²) in [4.78, 5) is 16.1. The Kier molecular flexibility index (Phi) is 4.81. The summed E-state index contributed by atoms with van der Waals surface area (Å²) >= 11 is 0. The van der Waals surface area contributed by atoms with Crippen molar-refractivity contribution in [2.45, 2.75) is 19.4 Å². The highest BCUT2D eigenvalue weighted by Crippen LogP contribution is 2.26. The average molecular weight is 289 g/mol. The van der Waals surface area contributed by atoms with Crippen molar-refractivity contribution in [2.75, 3.05) is 19.5 Å². The number of aromatic nitrogens is 2. The quantitative estimate of drug-likeness (QED) is 0.887. The van der Waals surface area contributed by atoms with Gasteiger partial charge in [-0.15, -0.1) is 0 Å². The molecular formula is C15H19N3O3. The third-order valence-corrected chi connectivity index (χ3v) is 3.15. The molecular weight excluding hydrogens is 270 g/mol. The molecule has 1 atom stereocenters. The number of anilines is 1. The van der Waals surface area contributed by atoms with Gasteiger partial charge in [0.25, 0.3) is 0 Å². The number of hydrogen-bond donors (Lipinski definition) is 1. The van der Waals surface area contributed by atoms with Crippen molar-refractivity contribution >= 4 is 11.6 Å². The van der Waals surface area contributed by atoms with Crippen LogP contribution in [0.4, 0.5) is 5.69 Å². The van der Waals surface area contributed by atoms with E-state index in [0.717, 1.165) is 0 Å². The van der Waals surface area contributed by atoms with E-state index in [2.05, 4.69) is 10.3 Å². The number of carbonyl (C=O) groups is 1. The van der Waals surface area contributed by atoms with Gasteiger partial charge in [-0.05, 0) is 6.92 Å². The predicted molar refractivity (Wildman–Crippen MR) is 79.7 cm³/mol. The number of carbonyl (C=O) groups excluding carboxylic acids is 1. The fourth-order valence-corrected chi connectivity index (χ4v) is 2.00. The highest BCUT2D eigenvalue weighted by Gasteiger charge is 2.11. The van der Waals surface area contributed by atoms with Crippen LogP contribution in [0.25, 0.3) is 0 Å². The summed E-state index contributed by atoms with van der Waals surface area (Å²) < 4.78 is 12.2. The van der Waals surface area contributed by atoms with Crippen LogP contribution in [0.15, 0.2) is 36.9 Å². The molecule has 0 aliphatic carbocycles. The fraction of sp³-hybridized carbons (Fsp3) is 0.333. The highest BCUT2D eigenvalue weighted by atomic mass is 16.5. The van der Waals surface area contributed by atoms with E-state index in [0.29, 0.717) is 23.6 Å². The summed E-state index contributed by atoms with van der Waals surface area (Å²) in [7, 11) is 3.14. The lowest BCUT2D eigenvalue weighted by Crippen LogP contribution is -2.17. The van der Waals surface area contributed by atoms with Crippen LogP contribution in [0.3, 0.4) is 0 Å². The third kappa shape index (κ3) is 3.98. The number of methoxy groups -OCH3 is 2. The number of amides is 1. The van der Waals surface area contributed by atoms with Crippen molar-refractivity contribution < 1.29 is 14.3 Å². The van der Waals surface area contributed by atoms with Gasteiger partial charge in [-0.2, -0.15) is 0 Å². The zero-order valence-corrected chi connectivity index (χ0v) is 12.4. The van der Waals surface area contributed by atoms with Crippen LogP contribution in [0.5, 0.6) is 11.5 Å². The number of hydrogen-bond acceptors (Lipinski definition) is 4. The predicted octanol–water partition coefficient (Wildman–Crippen LogP) is 2.49. The topological polar surface area (TPSA) is 65.4 Å². The van der Waals surface area contributed by atoms with Gasteiger partial charge in [0.2, 0.25) is 5.91 Å². The minimum absolute atomic E-state index is 0.0417. The second-order valence-electron chi connectivity index (χ2n) is 4.71. The lowest BCUT2D eigenvalue weighted by Gasteiger charge is -2.14. The maximum Gasteiger partial charge on any atom is 0.226 e. The molecule has 1 amide bonds. The number of ether oxygens (including phenoxy) is 2. The first-order valence-electron chi connectivity index (χ1n) is 6.62. The van der Waals surface area contributed by atoms with Crippen molar-refractivity contribution in [1.29, 1.82) is 0 Å². The van der Waals surface area contributed by atoms with E-state index in [9.17, 15) is 4.79 Å². The van der Waals surface area contributed by atoms with Crippen LogP contribution in [0, 0.1) is 0 Å². The number of imidazole rings is 1. The Labute approximate surface area is 123 Å². The van der Waals surface area contributed by atoms with Crippen LogP contribution < -0.4 is 14.8 Å². The molecule has 0 unspecified atom stereocenters. The summed E-state index contributed by atoms with van der Waals surface area (Å²) in [5.41, 5.74) is 0.647. The Hall–Kier alpha value is -2.50.